The Bertz CT molecular complexity index is 879. The zero-order valence-electron chi connectivity index (χ0n) is 13.9. The number of hydrogen-bond acceptors (Lipinski definition) is 4. The number of amides is 2. The van der Waals surface area contributed by atoms with Gasteiger partial charge in [0.1, 0.15) is 10.8 Å². The molecule has 0 atom stereocenters. The number of carbonyl (C=O) groups is 2. The van der Waals surface area contributed by atoms with E-state index in [2.05, 4.69) is 10.6 Å². The molecule has 2 aromatic rings. The van der Waals surface area contributed by atoms with E-state index >= 15 is 0 Å². The van der Waals surface area contributed by atoms with Crippen LogP contribution >= 0.6 is 23.6 Å². The van der Waals surface area contributed by atoms with E-state index in [1.54, 1.807) is 6.07 Å². The number of aryl methyl sites for hydroxylation is 1. The Balaban J connectivity index is 1.78. The van der Waals surface area contributed by atoms with Gasteiger partial charge in [-0.15, -0.1) is 11.3 Å². The van der Waals surface area contributed by atoms with Crippen molar-refractivity contribution < 1.29 is 14.0 Å². The van der Waals surface area contributed by atoms with E-state index in [-0.39, 0.29) is 10.7 Å². The fourth-order valence-corrected chi connectivity index (χ4v) is 4.60. The number of thiocarbonyl (C=S) groups is 1. The van der Waals surface area contributed by atoms with E-state index in [1.165, 1.54) is 29.5 Å². The quantitative estimate of drug-likeness (QED) is 0.553. The van der Waals surface area contributed by atoms with Crippen molar-refractivity contribution in [2.24, 2.45) is 5.73 Å². The van der Waals surface area contributed by atoms with E-state index in [1.807, 2.05) is 0 Å². The van der Waals surface area contributed by atoms with Gasteiger partial charge in [0.15, 0.2) is 5.11 Å². The molecule has 136 valence electrons. The van der Waals surface area contributed by atoms with Crippen LogP contribution in [0.1, 0.15) is 50.4 Å². The summed E-state index contributed by atoms with van der Waals surface area (Å²) in [6.45, 7) is 0. The smallest absolute Gasteiger partial charge is 0.260 e. The number of nitrogens with two attached hydrogens (primary N) is 1. The number of hydrogen-bond donors (Lipinski definition) is 3. The Morgan fingerprint density at radius 3 is 2.62 bits per heavy atom. The van der Waals surface area contributed by atoms with Crippen molar-refractivity contribution >= 4 is 45.5 Å². The topological polar surface area (TPSA) is 84.2 Å². The Kier molecular flexibility index (Phi) is 5.63. The second-order valence-electron chi connectivity index (χ2n) is 6.02. The number of rotatable bonds is 3. The number of carbonyl (C=O) groups excluding carboxylic acids is 2. The van der Waals surface area contributed by atoms with Crippen LogP contribution in [0.4, 0.5) is 9.39 Å². The van der Waals surface area contributed by atoms with Crippen molar-refractivity contribution in [3.05, 3.63) is 51.7 Å². The maximum absolute atomic E-state index is 13.7. The first kappa shape index (κ1) is 18.5. The summed E-state index contributed by atoms with van der Waals surface area (Å²) in [7, 11) is 0. The van der Waals surface area contributed by atoms with Crippen LogP contribution in [0.5, 0.6) is 0 Å². The summed E-state index contributed by atoms with van der Waals surface area (Å²) >= 11 is 6.59. The van der Waals surface area contributed by atoms with E-state index in [0.717, 1.165) is 42.5 Å². The molecule has 1 aromatic carbocycles. The zero-order chi connectivity index (χ0) is 18.7. The third-order valence-corrected chi connectivity index (χ3v) is 5.65. The Morgan fingerprint density at radius 1 is 1.15 bits per heavy atom. The highest BCUT2D eigenvalue weighted by atomic mass is 32.1. The molecule has 1 heterocycles. The molecule has 0 radical (unpaired) electrons. The van der Waals surface area contributed by atoms with Crippen molar-refractivity contribution in [3.8, 4) is 0 Å². The lowest BCUT2D eigenvalue weighted by Crippen LogP contribution is -2.34. The predicted octanol–water partition coefficient (Wildman–Crippen LogP) is 3.38. The van der Waals surface area contributed by atoms with Crippen LogP contribution < -0.4 is 16.4 Å². The van der Waals surface area contributed by atoms with Gasteiger partial charge in [0, 0.05) is 4.88 Å². The molecule has 2 amide bonds. The lowest BCUT2D eigenvalue weighted by Gasteiger charge is -2.10. The molecule has 1 aliphatic rings. The molecular weight excluding hydrogens is 373 g/mol. The Hall–Kier alpha value is -2.32. The summed E-state index contributed by atoms with van der Waals surface area (Å²) in [5.74, 6) is -1.80. The second-order valence-corrected chi connectivity index (χ2v) is 7.53. The number of fused-ring (bicyclic) bond motifs is 1. The second kappa shape index (κ2) is 7.92. The van der Waals surface area contributed by atoms with Gasteiger partial charge in [-0.2, -0.15) is 0 Å². The molecule has 26 heavy (non-hydrogen) atoms. The highest BCUT2D eigenvalue weighted by Gasteiger charge is 2.24. The van der Waals surface area contributed by atoms with Gasteiger partial charge < -0.3 is 11.1 Å². The van der Waals surface area contributed by atoms with E-state index in [0.29, 0.717) is 10.6 Å². The maximum atomic E-state index is 13.7. The molecule has 5 nitrogen and oxygen atoms in total. The average molecular weight is 391 g/mol. The standard InChI is InChI=1S/C18H18FN3O2S2/c19-12-8-5-4-6-10(12)16(24)21-18(25)22-17-14(15(20)23)11-7-2-1-3-9-13(11)26-17/h4-6,8H,1-3,7,9H2,(H2,20,23)(H2,21,22,24,25). The average Bonchev–Trinajstić information content (AvgIpc) is 2.76. The lowest BCUT2D eigenvalue weighted by molar-refractivity contribution is 0.0971. The number of nitrogens with one attached hydrogen (secondary N) is 2. The van der Waals surface area contributed by atoms with Gasteiger partial charge in [0.2, 0.25) is 0 Å². The molecule has 0 aliphatic heterocycles. The van der Waals surface area contributed by atoms with Crippen LogP contribution in [0.15, 0.2) is 24.3 Å². The first-order valence-corrected chi connectivity index (χ1v) is 9.51. The molecule has 4 N–H and O–H groups in total. The molecule has 0 fully saturated rings. The molecule has 0 spiro atoms. The maximum Gasteiger partial charge on any atom is 0.260 e. The third-order valence-electron chi connectivity index (χ3n) is 4.24. The van der Waals surface area contributed by atoms with Crippen LogP contribution in [-0.4, -0.2) is 16.9 Å². The molecule has 0 unspecified atom stereocenters. The van der Waals surface area contributed by atoms with Gasteiger partial charge in [0.25, 0.3) is 11.8 Å². The SMILES string of the molecule is NC(=O)c1c(NC(=S)NC(=O)c2ccccc2F)sc2c1CCCCC2. The summed E-state index contributed by atoms with van der Waals surface area (Å²) in [4.78, 5) is 25.2. The third kappa shape index (κ3) is 3.91. The van der Waals surface area contributed by atoms with Gasteiger partial charge in [-0.25, -0.2) is 4.39 Å². The molecule has 3 rings (SSSR count). The van der Waals surface area contributed by atoms with Crippen LogP contribution in [0, 0.1) is 5.82 Å². The van der Waals surface area contributed by atoms with E-state index < -0.39 is 17.6 Å². The highest BCUT2D eigenvalue weighted by Crippen LogP contribution is 2.37. The normalized spacial score (nSPS) is 13.4. The molecule has 1 aliphatic carbocycles. The van der Waals surface area contributed by atoms with Crippen LogP contribution in [0.2, 0.25) is 0 Å². The highest BCUT2D eigenvalue weighted by molar-refractivity contribution is 7.80. The molecule has 0 bridgehead atoms. The molecule has 8 heteroatoms. The molecule has 0 saturated heterocycles. The number of primary amides is 1. The summed E-state index contributed by atoms with van der Waals surface area (Å²) in [6, 6.07) is 5.64. The van der Waals surface area contributed by atoms with Crippen molar-refractivity contribution in [1.82, 2.24) is 5.32 Å². The number of benzene rings is 1. The van der Waals surface area contributed by atoms with Gasteiger partial charge in [0.05, 0.1) is 11.1 Å². The minimum atomic E-state index is -0.653. The lowest BCUT2D eigenvalue weighted by atomic mass is 10.1. The first-order valence-electron chi connectivity index (χ1n) is 8.28. The molecular formula is C18H18FN3O2S2. The van der Waals surface area contributed by atoms with E-state index in [9.17, 15) is 14.0 Å². The largest absolute Gasteiger partial charge is 0.365 e. The van der Waals surface area contributed by atoms with Gasteiger partial charge >= 0.3 is 0 Å². The fraction of sp³-hybridized carbons (Fsp3) is 0.278. The van der Waals surface area contributed by atoms with Crippen molar-refractivity contribution in [2.75, 3.05) is 5.32 Å². The summed E-state index contributed by atoms with van der Waals surface area (Å²) in [6.07, 6.45) is 4.91. The number of thiophene rings is 1. The van der Waals surface area contributed by atoms with Crippen LogP contribution in [0.25, 0.3) is 0 Å². The molecule has 0 saturated carbocycles. The van der Waals surface area contributed by atoms with Crippen molar-refractivity contribution in [2.45, 2.75) is 32.1 Å². The van der Waals surface area contributed by atoms with Crippen LogP contribution in [-0.2, 0) is 12.8 Å². The van der Waals surface area contributed by atoms with E-state index in [4.69, 9.17) is 18.0 Å². The Morgan fingerprint density at radius 2 is 1.88 bits per heavy atom. The van der Waals surface area contributed by atoms with Crippen molar-refractivity contribution in [3.63, 3.8) is 0 Å². The van der Waals surface area contributed by atoms with Gasteiger partial charge in [-0.3, -0.25) is 14.9 Å². The number of halogens is 1. The summed E-state index contributed by atoms with van der Waals surface area (Å²) in [5, 5.41) is 5.85. The van der Waals surface area contributed by atoms with Crippen LogP contribution in [0.3, 0.4) is 0 Å². The predicted molar refractivity (Wildman–Crippen MR) is 104 cm³/mol. The molecule has 1 aromatic heterocycles. The monoisotopic (exact) mass is 391 g/mol. The van der Waals surface area contributed by atoms with Gasteiger partial charge in [-0.1, -0.05) is 18.6 Å². The number of anilines is 1. The first-order chi connectivity index (χ1) is 12.5. The zero-order valence-corrected chi connectivity index (χ0v) is 15.6. The van der Waals surface area contributed by atoms with Gasteiger partial charge in [-0.05, 0) is 55.6 Å². The van der Waals surface area contributed by atoms with Crippen molar-refractivity contribution in [1.29, 1.82) is 0 Å². The fourth-order valence-electron chi connectivity index (χ4n) is 3.04. The minimum Gasteiger partial charge on any atom is -0.365 e. The summed E-state index contributed by atoms with van der Waals surface area (Å²) in [5.41, 5.74) is 6.88. The minimum absolute atomic E-state index is 0.00263. The Labute approximate surface area is 159 Å². The summed E-state index contributed by atoms with van der Waals surface area (Å²) < 4.78 is 13.7.